The van der Waals surface area contributed by atoms with Crippen molar-refractivity contribution in [2.45, 2.75) is 19.3 Å². The molecule has 0 unspecified atom stereocenters. The van der Waals surface area contributed by atoms with Crippen molar-refractivity contribution < 1.29 is 4.42 Å². The SMILES string of the molecule is CC1(C)c2ccccc2-c2cc(N(c3ccc(-c4c5ccccc5cc5c4sc4ccccc45)cc3)c3ccc4c(c3)oc3ccccc34)ccc21. The third-order valence-electron chi connectivity index (χ3n) is 11.3. The Hall–Kier alpha value is -6.16. The first-order valence-corrected chi connectivity index (χ1v) is 18.7. The van der Waals surface area contributed by atoms with E-state index < -0.39 is 0 Å². The van der Waals surface area contributed by atoms with Crippen LogP contribution >= 0.6 is 11.3 Å². The van der Waals surface area contributed by atoms with E-state index in [1.54, 1.807) is 0 Å². The predicted molar refractivity (Wildman–Crippen MR) is 222 cm³/mol. The fourth-order valence-corrected chi connectivity index (χ4v) is 10.00. The molecule has 8 aromatic carbocycles. The van der Waals surface area contributed by atoms with E-state index in [1.165, 1.54) is 64.3 Å². The maximum atomic E-state index is 6.42. The molecule has 0 saturated carbocycles. The number of anilines is 3. The Morgan fingerprint density at radius 1 is 0.481 bits per heavy atom. The molecule has 0 radical (unpaired) electrons. The molecule has 0 amide bonds. The van der Waals surface area contributed by atoms with Crippen LogP contribution in [0, 0.1) is 0 Å². The molecule has 0 bridgehead atoms. The molecule has 10 aromatic rings. The van der Waals surface area contributed by atoms with Crippen LogP contribution in [0.5, 0.6) is 0 Å². The summed E-state index contributed by atoms with van der Waals surface area (Å²) in [5, 5.41) is 7.45. The van der Waals surface area contributed by atoms with Gasteiger partial charge in [-0.3, -0.25) is 0 Å². The van der Waals surface area contributed by atoms with Crippen molar-refractivity contribution in [3.63, 3.8) is 0 Å². The fourth-order valence-electron chi connectivity index (χ4n) is 8.73. The lowest BCUT2D eigenvalue weighted by atomic mass is 9.82. The summed E-state index contributed by atoms with van der Waals surface area (Å²) in [4.78, 5) is 2.38. The third kappa shape index (κ3) is 4.23. The van der Waals surface area contributed by atoms with E-state index in [0.29, 0.717) is 0 Å². The van der Waals surface area contributed by atoms with E-state index in [1.807, 2.05) is 23.5 Å². The molecule has 246 valence electrons. The number of hydrogen-bond acceptors (Lipinski definition) is 3. The monoisotopic (exact) mass is 683 g/mol. The van der Waals surface area contributed by atoms with Crippen molar-refractivity contribution in [2.24, 2.45) is 0 Å². The molecule has 0 aliphatic heterocycles. The summed E-state index contributed by atoms with van der Waals surface area (Å²) >= 11 is 1.89. The van der Waals surface area contributed by atoms with Gasteiger partial charge in [-0.25, -0.2) is 0 Å². The number of rotatable bonds is 4. The summed E-state index contributed by atoms with van der Waals surface area (Å²) < 4.78 is 9.07. The number of para-hydroxylation sites is 1. The van der Waals surface area contributed by atoms with Gasteiger partial charge >= 0.3 is 0 Å². The second kappa shape index (κ2) is 10.9. The van der Waals surface area contributed by atoms with Gasteiger partial charge in [0.05, 0.1) is 0 Å². The Morgan fingerprint density at radius 2 is 1.13 bits per heavy atom. The van der Waals surface area contributed by atoms with E-state index in [-0.39, 0.29) is 5.41 Å². The maximum absolute atomic E-state index is 6.42. The topological polar surface area (TPSA) is 16.4 Å². The normalized spacial score (nSPS) is 13.3. The van der Waals surface area contributed by atoms with Gasteiger partial charge in [0.25, 0.3) is 0 Å². The van der Waals surface area contributed by atoms with Crippen LogP contribution in [-0.4, -0.2) is 0 Å². The minimum Gasteiger partial charge on any atom is -0.456 e. The van der Waals surface area contributed by atoms with Crippen LogP contribution in [0.2, 0.25) is 0 Å². The molecule has 1 aliphatic rings. The molecule has 2 nitrogen and oxygen atoms in total. The van der Waals surface area contributed by atoms with Crippen molar-refractivity contribution in [2.75, 3.05) is 4.90 Å². The van der Waals surface area contributed by atoms with E-state index in [2.05, 4.69) is 170 Å². The number of benzene rings is 8. The summed E-state index contributed by atoms with van der Waals surface area (Å²) in [6, 6.07) is 59.9. The minimum absolute atomic E-state index is 0.0551. The number of furan rings is 1. The lowest BCUT2D eigenvalue weighted by molar-refractivity contribution is 0.660. The lowest BCUT2D eigenvalue weighted by Gasteiger charge is -2.27. The molecule has 3 heteroatoms. The van der Waals surface area contributed by atoms with Gasteiger partial charge < -0.3 is 9.32 Å². The first-order valence-electron chi connectivity index (χ1n) is 17.9. The number of nitrogens with zero attached hydrogens (tertiary/aromatic N) is 1. The van der Waals surface area contributed by atoms with E-state index in [0.717, 1.165) is 39.0 Å². The zero-order valence-electron chi connectivity index (χ0n) is 28.9. The summed E-state index contributed by atoms with van der Waals surface area (Å²) in [6.07, 6.45) is 0. The van der Waals surface area contributed by atoms with E-state index in [9.17, 15) is 0 Å². The third-order valence-corrected chi connectivity index (χ3v) is 12.5. The van der Waals surface area contributed by atoms with Gasteiger partial charge in [0.2, 0.25) is 0 Å². The summed E-state index contributed by atoms with van der Waals surface area (Å²) in [7, 11) is 0. The lowest BCUT2D eigenvalue weighted by Crippen LogP contribution is -2.15. The van der Waals surface area contributed by atoms with Crippen LogP contribution in [-0.2, 0) is 5.41 Å². The van der Waals surface area contributed by atoms with Crippen molar-refractivity contribution in [3.8, 4) is 22.3 Å². The highest BCUT2D eigenvalue weighted by Gasteiger charge is 2.35. The number of thiophene rings is 1. The molecule has 2 aromatic heterocycles. The first kappa shape index (κ1) is 29.6. The Bertz CT molecular complexity index is 3050. The number of hydrogen-bond donors (Lipinski definition) is 0. The highest BCUT2D eigenvalue weighted by molar-refractivity contribution is 7.26. The van der Waals surface area contributed by atoms with E-state index >= 15 is 0 Å². The van der Waals surface area contributed by atoms with Gasteiger partial charge in [0, 0.05) is 65.1 Å². The summed E-state index contributed by atoms with van der Waals surface area (Å²) in [5.74, 6) is 0. The van der Waals surface area contributed by atoms with Crippen LogP contribution in [0.25, 0.3) is 75.1 Å². The van der Waals surface area contributed by atoms with Gasteiger partial charge in [-0.1, -0.05) is 117 Å². The second-order valence-corrected chi connectivity index (χ2v) is 15.6. The Kier molecular flexibility index (Phi) is 6.21. The van der Waals surface area contributed by atoms with Crippen LogP contribution in [0.15, 0.2) is 168 Å². The highest BCUT2D eigenvalue weighted by atomic mass is 32.1. The minimum atomic E-state index is -0.0551. The Balaban J connectivity index is 1.11. The molecule has 0 atom stereocenters. The summed E-state index contributed by atoms with van der Waals surface area (Å²) in [5.41, 5.74) is 12.9. The molecule has 0 spiro atoms. The van der Waals surface area contributed by atoms with Crippen LogP contribution in [0.4, 0.5) is 17.1 Å². The molecular formula is C49H33NOS. The molecule has 1 aliphatic carbocycles. The smallest absolute Gasteiger partial charge is 0.137 e. The maximum Gasteiger partial charge on any atom is 0.137 e. The molecular weight excluding hydrogens is 651 g/mol. The van der Waals surface area contributed by atoms with Crippen molar-refractivity contribution in [1.29, 1.82) is 0 Å². The largest absolute Gasteiger partial charge is 0.456 e. The second-order valence-electron chi connectivity index (χ2n) is 14.5. The van der Waals surface area contributed by atoms with E-state index in [4.69, 9.17) is 4.42 Å². The van der Waals surface area contributed by atoms with Crippen molar-refractivity contribution in [3.05, 3.63) is 175 Å². The quantitative estimate of drug-likeness (QED) is 0.184. The molecule has 0 fully saturated rings. The van der Waals surface area contributed by atoms with Crippen LogP contribution in [0.3, 0.4) is 0 Å². The van der Waals surface area contributed by atoms with Crippen LogP contribution in [0.1, 0.15) is 25.0 Å². The average molecular weight is 684 g/mol. The van der Waals surface area contributed by atoms with Gasteiger partial charge in [0.1, 0.15) is 11.2 Å². The molecule has 2 heterocycles. The fraction of sp³-hybridized carbons (Fsp3) is 0.0612. The standard InChI is InChI=1S/C49H33NOS/c1-49(2)42-16-8-5-13-36(42)40-28-33(24-26-43(40)49)50(34-23-25-38-37-14-6-9-17-44(37)51-45(38)29-34)32-21-19-30(20-22-32)47-35-12-4-3-11-31(35)27-41-39-15-7-10-18-46(39)52-48(41)47/h3-29H,1-2H3. The zero-order valence-corrected chi connectivity index (χ0v) is 29.7. The van der Waals surface area contributed by atoms with Crippen molar-refractivity contribution in [1.82, 2.24) is 0 Å². The predicted octanol–water partition coefficient (Wildman–Crippen LogP) is 14.6. The van der Waals surface area contributed by atoms with Crippen molar-refractivity contribution >= 4 is 81.3 Å². The Labute approximate surface area is 305 Å². The van der Waals surface area contributed by atoms with Crippen LogP contribution < -0.4 is 4.90 Å². The number of fused-ring (bicyclic) bond motifs is 10. The average Bonchev–Trinajstić information content (AvgIpc) is 3.81. The van der Waals surface area contributed by atoms with Gasteiger partial charge in [-0.05, 0) is 93.2 Å². The zero-order chi connectivity index (χ0) is 34.6. The first-order chi connectivity index (χ1) is 25.5. The molecule has 11 rings (SSSR count). The van der Waals surface area contributed by atoms with Gasteiger partial charge in [-0.15, -0.1) is 11.3 Å². The Morgan fingerprint density at radius 3 is 2.02 bits per heavy atom. The molecule has 0 saturated heterocycles. The summed E-state index contributed by atoms with van der Waals surface area (Å²) in [6.45, 7) is 4.67. The highest BCUT2D eigenvalue weighted by Crippen LogP contribution is 2.51. The van der Waals surface area contributed by atoms with Gasteiger partial charge in [-0.2, -0.15) is 0 Å². The molecule has 52 heavy (non-hydrogen) atoms. The molecule has 0 N–H and O–H groups in total. The van der Waals surface area contributed by atoms with Gasteiger partial charge in [0.15, 0.2) is 0 Å².